The molecule has 0 aliphatic heterocycles. The smallest absolute Gasteiger partial charge is 0.257 e. The number of anilines is 1. The maximum atomic E-state index is 12.0. The highest BCUT2D eigenvalue weighted by molar-refractivity contribution is 6.31. The predicted octanol–water partition coefficient (Wildman–Crippen LogP) is 3.34. The van der Waals surface area contributed by atoms with E-state index in [-0.39, 0.29) is 11.1 Å². The summed E-state index contributed by atoms with van der Waals surface area (Å²) in [5.41, 5.74) is 1.33. The number of hydrogen-bond donors (Lipinski definition) is 1. The highest BCUT2D eigenvalue weighted by Gasteiger charge is 2.10. The number of carbonyl (C=O) groups excluding carboxylic acids is 1. The molecule has 92 valence electrons. The molecule has 6 heteroatoms. The summed E-state index contributed by atoms with van der Waals surface area (Å²) in [5.74, 6) is 0.0513. The van der Waals surface area contributed by atoms with Gasteiger partial charge in [-0.25, -0.2) is 9.97 Å². The molecule has 1 aromatic heterocycles. The molecular formula is C12H9Cl2N3O. The Morgan fingerprint density at radius 3 is 2.67 bits per heavy atom. The minimum Gasteiger partial charge on any atom is -0.305 e. The molecule has 0 spiro atoms. The van der Waals surface area contributed by atoms with Crippen molar-refractivity contribution in [3.8, 4) is 0 Å². The van der Waals surface area contributed by atoms with E-state index < -0.39 is 0 Å². The van der Waals surface area contributed by atoms with Gasteiger partial charge in [-0.05, 0) is 24.6 Å². The number of aryl methyl sites for hydroxylation is 1. The fraction of sp³-hybridized carbons (Fsp3) is 0.0833. The summed E-state index contributed by atoms with van der Waals surface area (Å²) in [4.78, 5) is 19.8. The van der Waals surface area contributed by atoms with Crippen molar-refractivity contribution in [2.75, 3.05) is 5.32 Å². The van der Waals surface area contributed by atoms with E-state index in [0.29, 0.717) is 16.4 Å². The largest absolute Gasteiger partial charge is 0.305 e. The van der Waals surface area contributed by atoms with Crippen molar-refractivity contribution >= 4 is 34.9 Å². The van der Waals surface area contributed by atoms with Gasteiger partial charge in [-0.2, -0.15) is 0 Å². The molecule has 0 radical (unpaired) electrons. The average Bonchev–Trinajstić information content (AvgIpc) is 2.35. The third-order valence-corrected chi connectivity index (χ3v) is 2.74. The van der Waals surface area contributed by atoms with E-state index in [2.05, 4.69) is 15.3 Å². The number of nitrogens with zero attached hydrogens (tertiary/aromatic N) is 2. The lowest BCUT2D eigenvalue weighted by atomic mass is 10.1. The van der Waals surface area contributed by atoms with Crippen molar-refractivity contribution in [3.05, 3.63) is 51.9 Å². The van der Waals surface area contributed by atoms with Crippen LogP contribution in [0.1, 0.15) is 15.9 Å². The van der Waals surface area contributed by atoms with E-state index in [1.165, 1.54) is 12.4 Å². The number of nitrogens with one attached hydrogen (secondary N) is 1. The molecule has 18 heavy (non-hydrogen) atoms. The van der Waals surface area contributed by atoms with Crippen LogP contribution in [0.3, 0.4) is 0 Å². The maximum absolute atomic E-state index is 12.0. The average molecular weight is 282 g/mol. The van der Waals surface area contributed by atoms with Crippen LogP contribution in [0.15, 0.2) is 30.6 Å². The number of rotatable bonds is 2. The Morgan fingerprint density at radius 1 is 1.22 bits per heavy atom. The molecule has 2 rings (SSSR count). The Morgan fingerprint density at radius 2 is 2.00 bits per heavy atom. The number of aromatic nitrogens is 2. The van der Waals surface area contributed by atoms with Gasteiger partial charge in [0, 0.05) is 10.6 Å². The molecule has 2 aromatic rings. The molecule has 1 aromatic carbocycles. The number of hydrogen-bond acceptors (Lipinski definition) is 3. The lowest BCUT2D eigenvalue weighted by Crippen LogP contribution is -2.14. The minimum atomic E-state index is -0.286. The van der Waals surface area contributed by atoms with Gasteiger partial charge in [0.25, 0.3) is 5.91 Å². The van der Waals surface area contributed by atoms with Crippen molar-refractivity contribution in [2.45, 2.75) is 6.92 Å². The van der Waals surface area contributed by atoms with E-state index in [1.807, 2.05) is 6.92 Å². The molecule has 0 unspecified atom stereocenters. The van der Waals surface area contributed by atoms with Gasteiger partial charge in [0.2, 0.25) is 0 Å². The number of amides is 1. The zero-order chi connectivity index (χ0) is 13.1. The van der Waals surface area contributed by atoms with Crippen molar-refractivity contribution in [1.82, 2.24) is 9.97 Å². The second-order valence-electron chi connectivity index (χ2n) is 3.64. The van der Waals surface area contributed by atoms with Gasteiger partial charge in [-0.15, -0.1) is 0 Å². The second-order valence-corrected chi connectivity index (χ2v) is 4.46. The summed E-state index contributed by atoms with van der Waals surface area (Å²) in [7, 11) is 0. The topological polar surface area (TPSA) is 54.9 Å². The number of halogens is 2. The fourth-order valence-electron chi connectivity index (χ4n) is 1.40. The van der Waals surface area contributed by atoms with Crippen LogP contribution >= 0.6 is 23.2 Å². The monoisotopic (exact) mass is 281 g/mol. The summed E-state index contributed by atoms with van der Waals surface area (Å²) in [6.45, 7) is 1.83. The van der Waals surface area contributed by atoms with Crippen LogP contribution in [0.5, 0.6) is 0 Å². The van der Waals surface area contributed by atoms with Crippen LogP contribution in [0.4, 0.5) is 5.82 Å². The molecule has 0 aliphatic rings. The van der Waals surface area contributed by atoms with Crippen LogP contribution in [-0.4, -0.2) is 15.9 Å². The molecule has 0 fully saturated rings. The molecule has 1 N–H and O–H groups in total. The van der Waals surface area contributed by atoms with Crippen molar-refractivity contribution in [1.29, 1.82) is 0 Å². The molecule has 4 nitrogen and oxygen atoms in total. The van der Waals surface area contributed by atoms with Crippen molar-refractivity contribution in [3.63, 3.8) is 0 Å². The molecule has 1 heterocycles. The zero-order valence-electron chi connectivity index (χ0n) is 9.45. The first-order valence-corrected chi connectivity index (χ1v) is 5.87. The van der Waals surface area contributed by atoms with E-state index in [4.69, 9.17) is 23.2 Å². The zero-order valence-corrected chi connectivity index (χ0v) is 11.0. The van der Waals surface area contributed by atoms with E-state index >= 15 is 0 Å². The van der Waals surface area contributed by atoms with Crippen LogP contribution < -0.4 is 5.32 Å². The Kier molecular flexibility index (Phi) is 3.79. The first-order chi connectivity index (χ1) is 8.56. The summed E-state index contributed by atoms with van der Waals surface area (Å²) in [5, 5.41) is 3.40. The van der Waals surface area contributed by atoms with Crippen LogP contribution in [0.2, 0.25) is 10.2 Å². The number of benzene rings is 1. The van der Waals surface area contributed by atoms with Gasteiger partial charge in [0.1, 0.15) is 5.15 Å². The molecule has 0 aliphatic carbocycles. The predicted molar refractivity (Wildman–Crippen MR) is 71.2 cm³/mol. The molecule has 1 amide bonds. The SMILES string of the molecule is Cc1ccc(Cl)cc1C(=O)Nc1cnc(Cl)cn1. The highest BCUT2D eigenvalue weighted by Crippen LogP contribution is 2.16. The summed E-state index contributed by atoms with van der Waals surface area (Å²) in [6.07, 6.45) is 2.75. The Hall–Kier alpha value is -1.65. The minimum absolute atomic E-state index is 0.270. The number of carbonyl (C=O) groups is 1. The van der Waals surface area contributed by atoms with E-state index in [0.717, 1.165) is 5.56 Å². The molecule has 0 atom stereocenters. The fourth-order valence-corrected chi connectivity index (χ4v) is 1.67. The van der Waals surface area contributed by atoms with Crippen LogP contribution in [-0.2, 0) is 0 Å². The third-order valence-electron chi connectivity index (χ3n) is 2.31. The van der Waals surface area contributed by atoms with Gasteiger partial charge in [-0.1, -0.05) is 29.3 Å². The van der Waals surface area contributed by atoms with E-state index in [1.54, 1.807) is 18.2 Å². The third kappa shape index (κ3) is 2.97. The normalized spacial score (nSPS) is 10.2. The summed E-state index contributed by atoms with van der Waals surface area (Å²) in [6, 6.07) is 5.12. The van der Waals surface area contributed by atoms with Gasteiger partial charge < -0.3 is 5.32 Å². The Bertz CT molecular complexity index is 584. The van der Waals surface area contributed by atoms with E-state index in [9.17, 15) is 4.79 Å². The van der Waals surface area contributed by atoms with Gasteiger partial charge in [0.15, 0.2) is 5.82 Å². The quantitative estimate of drug-likeness (QED) is 0.919. The first kappa shape index (κ1) is 12.8. The van der Waals surface area contributed by atoms with Gasteiger partial charge >= 0.3 is 0 Å². The highest BCUT2D eigenvalue weighted by atomic mass is 35.5. The lowest BCUT2D eigenvalue weighted by molar-refractivity contribution is 0.102. The standard InChI is InChI=1S/C12H9Cl2N3O/c1-7-2-3-8(13)4-9(7)12(18)17-11-6-15-10(14)5-16-11/h2-6H,1H3,(H,16,17,18). The van der Waals surface area contributed by atoms with Crippen LogP contribution in [0, 0.1) is 6.92 Å². The molecule has 0 saturated carbocycles. The van der Waals surface area contributed by atoms with Crippen molar-refractivity contribution < 1.29 is 4.79 Å². The van der Waals surface area contributed by atoms with Gasteiger partial charge in [0.05, 0.1) is 12.4 Å². The summed E-state index contributed by atoms with van der Waals surface area (Å²) >= 11 is 11.5. The van der Waals surface area contributed by atoms with Crippen molar-refractivity contribution in [2.24, 2.45) is 0 Å². The molecular weight excluding hydrogens is 273 g/mol. The molecule has 0 bridgehead atoms. The summed E-state index contributed by atoms with van der Waals surface area (Å²) < 4.78 is 0. The van der Waals surface area contributed by atoms with Gasteiger partial charge in [-0.3, -0.25) is 4.79 Å². The maximum Gasteiger partial charge on any atom is 0.257 e. The first-order valence-electron chi connectivity index (χ1n) is 5.11. The second kappa shape index (κ2) is 5.33. The molecule has 0 saturated heterocycles. The van der Waals surface area contributed by atoms with Crippen LogP contribution in [0.25, 0.3) is 0 Å². The Labute approximate surface area is 114 Å². The lowest BCUT2D eigenvalue weighted by Gasteiger charge is -2.07. The Balaban J connectivity index is 2.21.